The summed E-state index contributed by atoms with van der Waals surface area (Å²) in [4.78, 5) is 21.8. The lowest BCUT2D eigenvalue weighted by Crippen LogP contribution is -2.36. The van der Waals surface area contributed by atoms with Gasteiger partial charge in [-0.2, -0.15) is 0 Å². The van der Waals surface area contributed by atoms with Gasteiger partial charge in [-0.25, -0.2) is 9.59 Å². The Bertz CT molecular complexity index is 336. The first kappa shape index (κ1) is 14.7. The summed E-state index contributed by atoms with van der Waals surface area (Å²) < 4.78 is 5.37. The molecule has 0 radical (unpaired) electrons. The van der Waals surface area contributed by atoms with Gasteiger partial charge in [-0.15, -0.1) is 0 Å². The first-order chi connectivity index (χ1) is 8.32. The second-order valence-corrected chi connectivity index (χ2v) is 5.62. The lowest BCUT2D eigenvalue weighted by atomic mass is 9.75. The third kappa shape index (κ3) is 4.51. The molecule has 18 heavy (non-hydrogen) atoms. The van der Waals surface area contributed by atoms with Crippen molar-refractivity contribution in [1.29, 1.82) is 0 Å². The third-order valence-corrected chi connectivity index (χ3v) is 3.74. The summed E-state index contributed by atoms with van der Waals surface area (Å²) >= 11 is 0. The monoisotopic (exact) mass is 254 g/mol. The van der Waals surface area contributed by atoms with Crippen LogP contribution in [-0.2, 0) is 14.3 Å². The Labute approximate surface area is 108 Å². The molecule has 0 amide bonds. The average Bonchev–Trinajstić information content (AvgIpc) is 2.26. The van der Waals surface area contributed by atoms with E-state index in [0.29, 0.717) is 11.8 Å². The van der Waals surface area contributed by atoms with Crippen molar-refractivity contribution in [3.8, 4) is 0 Å². The lowest BCUT2D eigenvalue weighted by Gasteiger charge is -2.38. The van der Waals surface area contributed by atoms with Crippen molar-refractivity contribution >= 4 is 11.9 Å². The second-order valence-electron chi connectivity index (χ2n) is 5.62. The Kier molecular flexibility index (Phi) is 4.93. The molecule has 4 nitrogen and oxygen atoms in total. The van der Waals surface area contributed by atoms with E-state index in [1.165, 1.54) is 0 Å². The number of carboxylic acids is 1. The Morgan fingerprint density at radius 2 is 1.83 bits per heavy atom. The summed E-state index contributed by atoms with van der Waals surface area (Å²) in [6.07, 6.45) is 5.60. The molecular weight excluding hydrogens is 232 g/mol. The van der Waals surface area contributed by atoms with E-state index in [0.717, 1.165) is 37.8 Å². The zero-order chi connectivity index (χ0) is 13.8. The van der Waals surface area contributed by atoms with E-state index >= 15 is 0 Å². The molecule has 0 aliphatic heterocycles. The van der Waals surface area contributed by atoms with E-state index in [1.54, 1.807) is 0 Å². The van der Waals surface area contributed by atoms with E-state index in [-0.39, 0.29) is 0 Å². The van der Waals surface area contributed by atoms with Gasteiger partial charge in [-0.3, -0.25) is 0 Å². The van der Waals surface area contributed by atoms with Gasteiger partial charge in [-0.1, -0.05) is 13.8 Å². The van der Waals surface area contributed by atoms with Crippen LogP contribution in [0.15, 0.2) is 12.2 Å². The molecule has 0 aromatic rings. The van der Waals surface area contributed by atoms with Crippen molar-refractivity contribution in [2.24, 2.45) is 11.8 Å². The zero-order valence-corrected chi connectivity index (χ0v) is 11.3. The maximum atomic E-state index is 11.5. The van der Waals surface area contributed by atoms with Crippen LogP contribution in [-0.4, -0.2) is 22.6 Å². The highest BCUT2D eigenvalue weighted by molar-refractivity contribution is 5.90. The topological polar surface area (TPSA) is 63.6 Å². The van der Waals surface area contributed by atoms with Gasteiger partial charge in [0.25, 0.3) is 0 Å². The number of esters is 1. The van der Waals surface area contributed by atoms with Crippen LogP contribution in [0.2, 0.25) is 0 Å². The number of carboxylic acid groups (broad SMARTS) is 1. The molecule has 1 rings (SSSR count). The maximum Gasteiger partial charge on any atom is 0.331 e. The fourth-order valence-corrected chi connectivity index (χ4v) is 2.44. The van der Waals surface area contributed by atoms with Crippen molar-refractivity contribution in [1.82, 2.24) is 0 Å². The van der Waals surface area contributed by atoms with E-state index in [1.807, 2.05) is 6.92 Å². The fourth-order valence-electron chi connectivity index (χ4n) is 2.44. The number of rotatable bonds is 4. The number of carbonyl (C=O) groups is 2. The van der Waals surface area contributed by atoms with Crippen LogP contribution in [0, 0.1) is 11.8 Å². The van der Waals surface area contributed by atoms with Gasteiger partial charge < -0.3 is 9.84 Å². The molecular formula is C14H22O4. The van der Waals surface area contributed by atoms with E-state index < -0.39 is 17.5 Å². The molecule has 0 bridgehead atoms. The number of hydrogen-bond acceptors (Lipinski definition) is 3. The second kappa shape index (κ2) is 6.03. The number of aliphatic carboxylic acids is 1. The summed E-state index contributed by atoms with van der Waals surface area (Å²) in [5, 5.41) is 8.43. The molecule has 1 aliphatic carbocycles. The maximum absolute atomic E-state index is 11.5. The summed E-state index contributed by atoms with van der Waals surface area (Å²) in [6, 6.07) is 0. The first-order valence-electron chi connectivity index (χ1n) is 6.46. The summed E-state index contributed by atoms with van der Waals surface area (Å²) in [5.74, 6) is -0.341. The number of hydrogen-bond donors (Lipinski definition) is 1. The molecule has 1 fully saturated rings. The van der Waals surface area contributed by atoms with Crippen molar-refractivity contribution in [3.05, 3.63) is 12.2 Å². The van der Waals surface area contributed by atoms with Gasteiger partial charge >= 0.3 is 11.9 Å². The molecule has 0 atom stereocenters. The van der Waals surface area contributed by atoms with Crippen molar-refractivity contribution in [3.63, 3.8) is 0 Å². The molecule has 0 aromatic carbocycles. The van der Waals surface area contributed by atoms with E-state index in [2.05, 4.69) is 13.8 Å². The molecule has 1 aliphatic rings. The Morgan fingerprint density at radius 3 is 2.28 bits per heavy atom. The van der Waals surface area contributed by atoms with Gasteiger partial charge in [-0.05, 0) is 44.4 Å². The highest BCUT2D eigenvalue weighted by atomic mass is 16.6. The van der Waals surface area contributed by atoms with E-state index in [9.17, 15) is 9.59 Å². The van der Waals surface area contributed by atoms with Crippen molar-refractivity contribution in [2.45, 2.75) is 52.1 Å². The van der Waals surface area contributed by atoms with Crippen molar-refractivity contribution in [2.75, 3.05) is 0 Å². The predicted octanol–water partition coefficient (Wildman–Crippen LogP) is 2.78. The Morgan fingerprint density at radius 1 is 1.28 bits per heavy atom. The summed E-state index contributed by atoms with van der Waals surface area (Å²) in [5.41, 5.74) is -0.439. The smallest absolute Gasteiger partial charge is 0.331 e. The number of carbonyl (C=O) groups excluding carboxylic acids is 1. The third-order valence-electron chi connectivity index (χ3n) is 3.74. The molecule has 0 unspecified atom stereocenters. The minimum atomic E-state index is -1.14. The van der Waals surface area contributed by atoms with Crippen LogP contribution >= 0.6 is 0 Å². The highest BCUT2D eigenvalue weighted by Crippen LogP contribution is 2.37. The minimum Gasteiger partial charge on any atom is -0.478 e. The summed E-state index contributed by atoms with van der Waals surface area (Å²) in [6.45, 7) is 6.36. The molecule has 4 heteroatoms. The number of ether oxygens (including phenoxy) is 1. The van der Waals surface area contributed by atoms with Crippen LogP contribution in [0.1, 0.15) is 46.5 Å². The lowest BCUT2D eigenvalue weighted by molar-refractivity contribution is -0.156. The van der Waals surface area contributed by atoms with Crippen LogP contribution in [0.4, 0.5) is 0 Å². The van der Waals surface area contributed by atoms with Crippen LogP contribution in [0.25, 0.3) is 0 Å². The van der Waals surface area contributed by atoms with Gasteiger partial charge in [0.05, 0.1) is 0 Å². The normalized spacial score (nSPS) is 28.6. The highest BCUT2D eigenvalue weighted by Gasteiger charge is 2.34. The van der Waals surface area contributed by atoms with Gasteiger partial charge in [0, 0.05) is 12.2 Å². The summed E-state index contributed by atoms with van der Waals surface area (Å²) in [7, 11) is 0. The molecule has 102 valence electrons. The van der Waals surface area contributed by atoms with E-state index in [4.69, 9.17) is 9.84 Å². The van der Waals surface area contributed by atoms with Crippen molar-refractivity contribution < 1.29 is 19.4 Å². The molecule has 1 N–H and O–H groups in total. The van der Waals surface area contributed by atoms with Gasteiger partial charge in [0.2, 0.25) is 0 Å². The fraction of sp³-hybridized carbons (Fsp3) is 0.714. The Hall–Kier alpha value is -1.32. The molecule has 1 saturated carbocycles. The Balaban J connectivity index is 2.47. The predicted molar refractivity (Wildman–Crippen MR) is 68.1 cm³/mol. The SMILES string of the molecule is CC(C)C1CCC(C)(OC(=O)/C=C\C(=O)O)CC1. The zero-order valence-electron chi connectivity index (χ0n) is 11.3. The average molecular weight is 254 g/mol. The van der Waals surface area contributed by atoms with Crippen LogP contribution in [0.5, 0.6) is 0 Å². The van der Waals surface area contributed by atoms with Crippen LogP contribution in [0.3, 0.4) is 0 Å². The van der Waals surface area contributed by atoms with Gasteiger partial charge in [0.15, 0.2) is 0 Å². The molecule has 0 aromatic heterocycles. The minimum absolute atomic E-state index is 0.439. The molecule has 0 heterocycles. The molecule has 0 spiro atoms. The molecule has 0 saturated heterocycles. The van der Waals surface area contributed by atoms with Gasteiger partial charge in [0.1, 0.15) is 5.60 Å². The first-order valence-corrected chi connectivity index (χ1v) is 6.46. The standard InChI is InChI=1S/C14H22O4/c1-10(2)11-6-8-14(3,9-7-11)18-13(17)5-4-12(15)16/h4-5,10-11H,6-9H2,1-3H3,(H,15,16)/b5-4-. The van der Waals surface area contributed by atoms with Crippen LogP contribution < -0.4 is 0 Å². The quantitative estimate of drug-likeness (QED) is 0.619. The largest absolute Gasteiger partial charge is 0.478 e.